The highest BCUT2D eigenvalue weighted by Gasteiger charge is 2.30. The predicted octanol–water partition coefficient (Wildman–Crippen LogP) is 2.80. The minimum absolute atomic E-state index is 0.0208. The van der Waals surface area contributed by atoms with Crippen molar-refractivity contribution in [2.24, 2.45) is 0 Å². The summed E-state index contributed by atoms with van der Waals surface area (Å²) in [7, 11) is -3.73. The SMILES string of the molecule is O=[N+]([O-])c1cc(S(=O)(=O)N2CCCCC2)ccc1N1CCN(c2ccc(O)cc2)CC1. The van der Waals surface area contributed by atoms with Gasteiger partial charge in [0.25, 0.3) is 5.69 Å². The Hall–Kier alpha value is -2.85. The molecule has 0 saturated carbocycles. The molecule has 0 aliphatic carbocycles. The molecule has 0 radical (unpaired) electrons. The van der Waals surface area contributed by atoms with Crippen molar-refractivity contribution < 1.29 is 18.4 Å². The van der Waals surface area contributed by atoms with E-state index in [0.717, 1.165) is 24.9 Å². The van der Waals surface area contributed by atoms with Crippen LogP contribution < -0.4 is 9.80 Å². The molecular formula is C21H26N4O5S. The maximum Gasteiger partial charge on any atom is 0.293 e. The Bertz CT molecular complexity index is 1040. The number of phenols is 1. The first-order valence-electron chi connectivity index (χ1n) is 10.4. The maximum absolute atomic E-state index is 12.9. The third-order valence-electron chi connectivity index (χ3n) is 5.93. The van der Waals surface area contributed by atoms with Crippen LogP contribution in [0.2, 0.25) is 0 Å². The first-order chi connectivity index (χ1) is 14.9. The number of nitrogens with zero attached hydrogens (tertiary/aromatic N) is 4. The molecule has 0 bridgehead atoms. The van der Waals surface area contributed by atoms with Crippen LogP contribution in [-0.2, 0) is 10.0 Å². The number of aromatic hydroxyl groups is 1. The fraction of sp³-hybridized carbons (Fsp3) is 0.429. The highest BCUT2D eigenvalue weighted by atomic mass is 32.2. The molecule has 2 aromatic carbocycles. The van der Waals surface area contributed by atoms with Gasteiger partial charge in [-0.1, -0.05) is 6.42 Å². The summed E-state index contributed by atoms with van der Waals surface area (Å²) in [5, 5.41) is 21.2. The van der Waals surface area contributed by atoms with Crippen LogP contribution in [0.5, 0.6) is 5.75 Å². The summed E-state index contributed by atoms with van der Waals surface area (Å²) in [6, 6.07) is 11.2. The van der Waals surface area contributed by atoms with Gasteiger partial charge >= 0.3 is 0 Å². The summed E-state index contributed by atoms with van der Waals surface area (Å²) in [6.45, 7) is 3.37. The molecule has 2 aliphatic rings. The van der Waals surface area contributed by atoms with E-state index in [0.29, 0.717) is 45.0 Å². The predicted molar refractivity (Wildman–Crippen MR) is 118 cm³/mol. The highest BCUT2D eigenvalue weighted by Crippen LogP contribution is 2.33. The molecule has 0 amide bonds. The molecule has 0 unspecified atom stereocenters. The molecule has 0 spiro atoms. The number of phenolic OH excluding ortho intramolecular Hbond substituents is 1. The molecule has 2 saturated heterocycles. The number of piperazine rings is 1. The van der Waals surface area contributed by atoms with E-state index >= 15 is 0 Å². The average molecular weight is 447 g/mol. The first kappa shape index (κ1) is 21.4. The van der Waals surface area contributed by atoms with E-state index in [1.54, 1.807) is 18.2 Å². The minimum atomic E-state index is -3.73. The van der Waals surface area contributed by atoms with Crippen LogP contribution in [0.4, 0.5) is 17.1 Å². The van der Waals surface area contributed by atoms with Gasteiger partial charge in [0, 0.05) is 51.0 Å². The number of nitro groups is 1. The molecule has 1 N–H and O–H groups in total. The van der Waals surface area contributed by atoms with Crippen molar-refractivity contribution >= 4 is 27.1 Å². The van der Waals surface area contributed by atoms with E-state index in [1.165, 1.54) is 16.4 Å². The molecule has 2 fully saturated rings. The molecule has 2 aliphatic heterocycles. The van der Waals surface area contributed by atoms with E-state index in [-0.39, 0.29) is 16.3 Å². The Morgan fingerprint density at radius 1 is 0.839 bits per heavy atom. The molecule has 31 heavy (non-hydrogen) atoms. The van der Waals surface area contributed by atoms with Crippen LogP contribution in [0.25, 0.3) is 0 Å². The number of rotatable bonds is 5. The van der Waals surface area contributed by atoms with Crippen molar-refractivity contribution in [2.45, 2.75) is 24.2 Å². The van der Waals surface area contributed by atoms with Crippen LogP contribution in [0.15, 0.2) is 47.4 Å². The second-order valence-electron chi connectivity index (χ2n) is 7.86. The minimum Gasteiger partial charge on any atom is -0.508 e. The lowest BCUT2D eigenvalue weighted by Gasteiger charge is -2.37. The zero-order valence-corrected chi connectivity index (χ0v) is 18.0. The Morgan fingerprint density at radius 2 is 1.45 bits per heavy atom. The summed E-state index contributed by atoms with van der Waals surface area (Å²) < 4.78 is 27.3. The molecule has 0 atom stereocenters. The standard InChI is InChI=1S/C21H26N4O5S/c26-18-6-4-17(5-7-18)22-12-14-23(15-13-22)20-9-8-19(16-21(20)25(27)28)31(29,30)24-10-2-1-3-11-24/h4-9,16,26H,1-3,10-15H2. The monoisotopic (exact) mass is 446 g/mol. The van der Waals surface area contributed by atoms with Crippen LogP contribution in [0.1, 0.15) is 19.3 Å². The Kier molecular flexibility index (Phi) is 6.01. The molecule has 0 aromatic heterocycles. The van der Waals surface area contributed by atoms with Crippen LogP contribution in [0.3, 0.4) is 0 Å². The highest BCUT2D eigenvalue weighted by molar-refractivity contribution is 7.89. The van der Waals surface area contributed by atoms with Crippen molar-refractivity contribution in [3.63, 3.8) is 0 Å². The average Bonchev–Trinajstić information content (AvgIpc) is 2.80. The Labute approximate surface area is 181 Å². The summed E-state index contributed by atoms with van der Waals surface area (Å²) >= 11 is 0. The maximum atomic E-state index is 12.9. The Balaban J connectivity index is 1.54. The van der Waals surface area contributed by atoms with Gasteiger partial charge in [-0.15, -0.1) is 0 Å². The topological polar surface area (TPSA) is 107 Å². The molecule has 9 nitrogen and oxygen atoms in total. The number of hydrogen-bond acceptors (Lipinski definition) is 7. The van der Waals surface area contributed by atoms with E-state index in [9.17, 15) is 23.6 Å². The molecule has 10 heteroatoms. The van der Waals surface area contributed by atoms with Crippen molar-refractivity contribution in [2.75, 3.05) is 49.1 Å². The first-order valence-corrected chi connectivity index (χ1v) is 11.9. The number of hydrogen-bond donors (Lipinski definition) is 1. The Morgan fingerprint density at radius 3 is 2.06 bits per heavy atom. The lowest BCUT2D eigenvalue weighted by Crippen LogP contribution is -2.46. The van der Waals surface area contributed by atoms with Gasteiger partial charge in [0.15, 0.2) is 0 Å². The van der Waals surface area contributed by atoms with Crippen molar-refractivity contribution in [3.8, 4) is 5.75 Å². The quantitative estimate of drug-likeness (QED) is 0.556. The van der Waals surface area contributed by atoms with Gasteiger partial charge in [0.05, 0.1) is 9.82 Å². The number of sulfonamides is 1. The summed E-state index contributed by atoms with van der Waals surface area (Å²) in [5.74, 6) is 0.206. The number of anilines is 2. The van der Waals surface area contributed by atoms with Crippen LogP contribution in [0, 0.1) is 10.1 Å². The second-order valence-corrected chi connectivity index (χ2v) is 9.80. The van der Waals surface area contributed by atoms with Crippen molar-refractivity contribution in [3.05, 3.63) is 52.6 Å². The van der Waals surface area contributed by atoms with Gasteiger partial charge in [-0.3, -0.25) is 10.1 Å². The van der Waals surface area contributed by atoms with Crippen LogP contribution in [-0.4, -0.2) is 62.0 Å². The third-order valence-corrected chi connectivity index (χ3v) is 7.83. The largest absolute Gasteiger partial charge is 0.508 e. The van der Waals surface area contributed by atoms with Crippen molar-refractivity contribution in [1.29, 1.82) is 0 Å². The molecule has 2 aromatic rings. The van der Waals surface area contributed by atoms with Gasteiger partial charge in [-0.25, -0.2) is 8.42 Å². The van der Waals surface area contributed by atoms with Crippen LogP contribution >= 0.6 is 0 Å². The van der Waals surface area contributed by atoms with Gasteiger partial charge in [0.1, 0.15) is 11.4 Å². The normalized spacial score (nSPS) is 18.2. The van der Waals surface area contributed by atoms with E-state index in [2.05, 4.69) is 4.90 Å². The summed E-state index contributed by atoms with van der Waals surface area (Å²) in [4.78, 5) is 15.3. The number of piperidine rings is 1. The van der Waals surface area contributed by atoms with Crippen molar-refractivity contribution in [1.82, 2.24) is 4.31 Å². The van der Waals surface area contributed by atoms with Gasteiger partial charge < -0.3 is 14.9 Å². The fourth-order valence-corrected chi connectivity index (χ4v) is 5.74. The fourth-order valence-electron chi connectivity index (χ4n) is 4.20. The third kappa shape index (κ3) is 4.45. The van der Waals surface area contributed by atoms with Gasteiger partial charge in [0.2, 0.25) is 10.0 Å². The summed E-state index contributed by atoms with van der Waals surface area (Å²) in [6.07, 6.45) is 2.62. The smallest absolute Gasteiger partial charge is 0.293 e. The lowest BCUT2D eigenvalue weighted by molar-refractivity contribution is -0.384. The van der Waals surface area contributed by atoms with E-state index in [1.807, 2.05) is 17.0 Å². The number of nitro benzene ring substituents is 1. The number of benzene rings is 2. The van der Waals surface area contributed by atoms with E-state index < -0.39 is 14.9 Å². The zero-order chi connectivity index (χ0) is 22.0. The molecular weight excluding hydrogens is 420 g/mol. The van der Waals surface area contributed by atoms with Gasteiger partial charge in [-0.05, 0) is 49.2 Å². The van der Waals surface area contributed by atoms with E-state index in [4.69, 9.17) is 0 Å². The summed E-state index contributed by atoms with van der Waals surface area (Å²) in [5.41, 5.74) is 1.24. The second kappa shape index (κ2) is 8.72. The molecule has 2 heterocycles. The lowest BCUT2D eigenvalue weighted by atomic mass is 10.2. The molecule has 4 rings (SSSR count). The zero-order valence-electron chi connectivity index (χ0n) is 17.2. The van der Waals surface area contributed by atoms with Gasteiger partial charge in [-0.2, -0.15) is 4.31 Å². The molecule has 166 valence electrons.